The molecule has 2 aliphatic rings. The van der Waals surface area contributed by atoms with Crippen molar-refractivity contribution in [3.63, 3.8) is 0 Å². The van der Waals surface area contributed by atoms with Crippen LogP contribution in [0.5, 0.6) is 5.75 Å². The summed E-state index contributed by atoms with van der Waals surface area (Å²) in [5, 5.41) is -0.0128. The topological polar surface area (TPSA) is 38.7 Å². The van der Waals surface area contributed by atoms with Crippen LogP contribution in [0, 0.1) is 5.92 Å². The van der Waals surface area contributed by atoms with Gasteiger partial charge in [0, 0.05) is 20.6 Å². The van der Waals surface area contributed by atoms with Crippen LogP contribution < -0.4 is 4.74 Å². The van der Waals surface area contributed by atoms with Crippen LogP contribution in [0.25, 0.3) is 0 Å². The van der Waals surface area contributed by atoms with E-state index < -0.39 is 0 Å². The van der Waals surface area contributed by atoms with Gasteiger partial charge in [-0.15, -0.1) is 11.8 Å². The van der Waals surface area contributed by atoms with E-state index >= 15 is 0 Å². The minimum atomic E-state index is -0.348. The predicted molar refractivity (Wildman–Crippen MR) is 91.1 cm³/mol. The van der Waals surface area contributed by atoms with Crippen molar-refractivity contribution in [1.29, 1.82) is 0 Å². The standard InChI is InChI=1S/C17H12BrNO2S/c1-9-15-16(22-14-5-3-2-4-12(14)19-9)11-8-10(18)6-7-13(11)21-17(15)20/h2-8,15-16H,1H3. The maximum absolute atomic E-state index is 12.5. The number of fused-ring (bicyclic) bond motifs is 4. The molecule has 0 aliphatic carbocycles. The maximum atomic E-state index is 12.5. The molecule has 2 aromatic carbocycles. The molecule has 0 amide bonds. The zero-order valence-electron chi connectivity index (χ0n) is 11.7. The van der Waals surface area contributed by atoms with Crippen molar-refractivity contribution < 1.29 is 9.53 Å². The summed E-state index contributed by atoms with van der Waals surface area (Å²) in [5.41, 5.74) is 2.76. The largest absolute Gasteiger partial charge is 0.426 e. The molecule has 0 aromatic heterocycles. The molecule has 0 bridgehead atoms. The normalized spacial score (nSPS) is 22.6. The lowest BCUT2D eigenvalue weighted by atomic mass is 9.92. The lowest BCUT2D eigenvalue weighted by Gasteiger charge is -2.30. The number of esters is 1. The molecule has 0 saturated carbocycles. The van der Waals surface area contributed by atoms with Crippen LogP contribution in [0.1, 0.15) is 17.7 Å². The highest BCUT2D eigenvalue weighted by atomic mass is 79.9. The smallest absolute Gasteiger partial charge is 0.321 e. The van der Waals surface area contributed by atoms with Gasteiger partial charge in [-0.25, -0.2) is 0 Å². The monoisotopic (exact) mass is 373 g/mol. The summed E-state index contributed by atoms with van der Waals surface area (Å²) in [5.74, 6) is 0.0784. The van der Waals surface area contributed by atoms with Gasteiger partial charge in [-0.05, 0) is 37.3 Å². The van der Waals surface area contributed by atoms with Gasteiger partial charge in [-0.2, -0.15) is 0 Å². The summed E-state index contributed by atoms with van der Waals surface area (Å²) in [6, 6.07) is 13.8. The fourth-order valence-electron chi connectivity index (χ4n) is 2.88. The highest BCUT2D eigenvalue weighted by Crippen LogP contribution is 2.52. The first-order valence-corrected chi connectivity index (χ1v) is 8.63. The average molecular weight is 374 g/mol. The van der Waals surface area contributed by atoms with E-state index in [1.807, 2.05) is 43.3 Å². The van der Waals surface area contributed by atoms with Crippen molar-refractivity contribution >= 4 is 45.1 Å². The highest BCUT2D eigenvalue weighted by Gasteiger charge is 2.41. The van der Waals surface area contributed by atoms with Gasteiger partial charge in [0.1, 0.15) is 11.7 Å². The molecular formula is C17H12BrNO2S. The first-order valence-electron chi connectivity index (χ1n) is 6.95. The third kappa shape index (κ3) is 2.20. The summed E-state index contributed by atoms with van der Waals surface area (Å²) < 4.78 is 6.51. The van der Waals surface area contributed by atoms with Crippen LogP contribution in [0.3, 0.4) is 0 Å². The van der Waals surface area contributed by atoms with E-state index in [-0.39, 0.29) is 17.1 Å². The lowest BCUT2D eigenvalue weighted by molar-refractivity contribution is -0.137. The number of hydrogen-bond donors (Lipinski definition) is 0. The number of para-hydroxylation sites is 1. The van der Waals surface area contributed by atoms with Crippen molar-refractivity contribution in [2.45, 2.75) is 17.1 Å². The number of aliphatic imine (C=N–C) groups is 1. The van der Waals surface area contributed by atoms with Gasteiger partial charge in [-0.3, -0.25) is 9.79 Å². The second kappa shape index (κ2) is 5.25. The van der Waals surface area contributed by atoms with E-state index in [9.17, 15) is 4.79 Å². The number of hydrogen-bond acceptors (Lipinski definition) is 4. The molecule has 22 heavy (non-hydrogen) atoms. The van der Waals surface area contributed by atoms with Crippen molar-refractivity contribution in [2.24, 2.45) is 10.9 Å². The van der Waals surface area contributed by atoms with E-state index in [4.69, 9.17) is 4.74 Å². The summed E-state index contributed by atoms with van der Waals surface area (Å²) in [4.78, 5) is 18.2. The Morgan fingerprint density at radius 1 is 1.23 bits per heavy atom. The minimum absolute atomic E-state index is 0.0128. The first-order chi connectivity index (χ1) is 10.6. The van der Waals surface area contributed by atoms with Crippen molar-refractivity contribution in [1.82, 2.24) is 0 Å². The Hall–Kier alpha value is -1.59. The van der Waals surface area contributed by atoms with Gasteiger partial charge in [0.25, 0.3) is 0 Å². The van der Waals surface area contributed by atoms with Crippen LogP contribution in [0.4, 0.5) is 5.69 Å². The second-order valence-electron chi connectivity index (χ2n) is 5.34. The Labute approximate surface area is 140 Å². The highest BCUT2D eigenvalue weighted by molar-refractivity contribution is 9.10. The van der Waals surface area contributed by atoms with Gasteiger partial charge in [0.05, 0.1) is 10.9 Å². The molecular weight excluding hydrogens is 362 g/mol. The molecule has 0 fully saturated rings. The Morgan fingerprint density at radius 3 is 2.91 bits per heavy atom. The number of benzene rings is 2. The zero-order valence-corrected chi connectivity index (χ0v) is 14.1. The molecule has 2 unspecified atom stereocenters. The molecule has 110 valence electrons. The third-order valence-corrected chi connectivity index (χ3v) is 5.78. The van der Waals surface area contributed by atoms with Gasteiger partial charge in [0.2, 0.25) is 0 Å². The Kier molecular flexibility index (Phi) is 3.35. The predicted octanol–water partition coefficient (Wildman–Crippen LogP) is 4.92. The number of thioether (sulfide) groups is 1. The molecule has 0 saturated heterocycles. The van der Waals surface area contributed by atoms with Crippen LogP contribution in [-0.4, -0.2) is 11.7 Å². The number of carbonyl (C=O) groups excluding carboxylic acids is 1. The lowest BCUT2D eigenvalue weighted by Crippen LogP contribution is -2.34. The molecule has 2 aliphatic heterocycles. The van der Waals surface area contributed by atoms with Crippen LogP contribution in [0.2, 0.25) is 0 Å². The minimum Gasteiger partial charge on any atom is -0.426 e. The fraction of sp³-hybridized carbons (Fsp3) is 0.176. The Balaban J connectivity index is 1.92. The van der Waals surface area contributed by atoms with E-state index in [0.29, 0.717) is 5.75 Å². The quantitative estimate of drug-likeness (QED) is 0.485. The molecule has 5 heteroatoms. The SMILES string of the molecule is CC1=Nc2ccccc2SC2c3cc(Br)ccc3OC(=O)C12. The van der Waals surface area contributed by atoms with Crippen LogP contribution in [-0.2, 0) is 4.79 Å². The van der Waals surface area contributed by atoms with Crippen LogP contribution in [0.15, 0.2) is 56.8 Å². The summed E-state index contributed by atoms with van der Waals surface area (Å²) >= 11 is 5.19. The maximum Gasteiger partial charge on any atom is 0.321 e. The number of ether oxygens (including phenoxy) is 1. The average Bonchev–Trinajstić information content (AvgIpc) is 2.64. The fourth-order valence-corrected chi connectivity index (χ4v) is 4.68. The van der Waals surface area contributed by atoms with Gasteiger partial charge < -0.3 is 4.74 Å². The van der Waals surface area contributed by atoms with Gasteiger partial charge >= 0.3 is 5.97 Å². The number of halogens is 1. The molecule has 0 radical (unpaired) electrons. The second-order valence-corrected chi connectivity index (χ2v) is 7.44. The summed E-state index contributed by atoms with van der Waals surface area (Å²) in [6.07, 6.45) is 0. The van der Waals surface area contributed by atoms with E-state index in [2.05, 4.69) is 27.0 Å². The molecule has 4 rings (SSSR count). The van der Waals surface area contributed by atoms with E-state index in [1.54, 1.807) is 11.8 Å². The molecule has 2 atom stereocenters. The Morgan fingerprint density at radius 2 is 2.05 bits per heavy atom. The third-order valence-electron chi connectivity index (χ3n) is 3.91. The summed E-state index contributed by atoms with van der Waals surface area (Å²) in [6.45, 7) is 1.91. The molecule has 3 nitrogen and oxygen atoms in total. The summed E-state index contributed by atoms with van der Waals surface area (Å²) in [7, 11) is 0. The molecule has 2 aromatic rings. The zero-order chi connectivity index (χ0) is 15.3. The molecule has 0 spiro atoms. The van der Waals surface area contributed by atoms with Gasteiger partial charge in [-0.1, -0.05) is 28.1 Å². The van der Waals surface area contributed by atoms with E-state index in [1.165, 1.54) is 0 Å². The molecule has 0 N–H and O–H groups in total. The first kappa shape index (κ1) is 14.0. The van der Waals surface area contributed by atoms with Gasteiger partial charge in [0.15, 0.2) is 0 Å². The molecule has 2 heterocycles. The van der Waals surface area contributed by atoms with Crippen molar-refractivity contribution in [3.8, 4) is 5.75 Å². The number of nitrogens with zero attached hydrogens (tertiary/aromatic N) is 1. The number of rotatable bonds is 0. The van der Waals surface area contributed by atoms with E-state index in [0.717, 1.165) is 26.3 Å². The van der Waals surface area contributed by atoms with Crippen molar-refractivity contribution in [2.75, 3.05) is 0 Å². The Bertz CT molecular complexity index is 818. The number of carbonyl (C=O) groups is 1. The van der Waals surface area contributed by atoms with Crippen molar-refractivity contribution in [3.05, 3.63) is 52.5 Å². The van der Waals surface area contributed by atoms with Crippen LogP contribution >= 0.6 is 27.7 Å².